The van der Waals surface area contributed by atoms with Gasteiger partial charge < -0.3 is 10.2 Å². The monoisotopic (exact) mass is 340 g/mol. The molecule has 1 amide bonds. The third-order valence-corrected chi connectivity index (χ3v) is 4.43. The quantitative estimate of drug-likeness (QED) is 0.924. The topological polar surface area (TPSA) is 46.4 Å². The number of carbonyl (C=O) groups excluding carboxylic acids is 1. The fourth-order valence-electron chi connectivity index (χ4n) is 3.09. The number of hydrogen-bond donors (Lipinski definition) is 1. The second-order valence-electron chi connectivity index (χ2n) is 6.52. The van der Waals surface area contributed by atoms with Crippen LogP contribution in [0.2, 0.25) is 0 Å². The molecule has 0 aromatic heterocycles. The number of nitrogens with zero attached hydrogens (tertiary/aromatic N) is 2. The number of hydrogen-bond acceptors (Lipinski definition) is 2. The van der Waals surface area contributed by atoms with Crippen molar-refractivity contribution in [3.05, 3.63) is 59.4 Å². The number of carbonyl (C=O) groups is 1. The SMILES string of the molecule is CC(C)c1ccccc1C(=O)Nc1ccc(N2CC[N]CC2)c(F)c1. The smallest absolute Gasteiger partial charge is 0.255 e. The molecule has 1 heterocycles. The summed E-state index contributed by atoms with van der Waals surface area (Å²) in [7, 11) is 0. The molecule has 0 bridgehead atoms. The van der Waals surface area contributed by atoms with Crippen LogP contribution >= 0.6 is 0 Å². The van der Waals surface area contributed by atoms with Gasteiger partial charge in [0.2, 0.25) is 0 Å². The van der Waals surface area contributed by atoms with Gasteiger partial charge in [-0.25, -0.2) is 9.71 Å². The van der Waals surface area contributed by atoms with E-state index in [-0.39, 0.29) is 17.6 Å². The van der Waals surface area contributed by atoms with Crippen molar-refractivity contribution in [2.75, 3.05) is 36.4 Å². The molecule has 3 rings (SSSR count). The average molecular weight is 340 g/mol. The highest BCUT2D eigenvalue weighted by molar-refractivity contribution is 6.05. The van der Waals surface area contributed by atoms with Crippen molar-refractivity contribution in [3.63, 3.8) is 0 Å². The van der Waals surface area contributed by atoms with E-state index >= 15 is 0 Å². The highest BCUT2D eigenvalue weighted by atomic mass is 19.1. The normalized spacial score (nSPS) is 14.6. The molecule has 131 valence electrons. The van der Waals surface area contributed by atoms with Crippen molar-refractivity contribution < 1.29 is 9.18 Å². The van der Waals surface area contributed by atoms with Gasteiger partial charge in [0.15, 0.2) is 0 Å². The van der Waals surface area contributed by atoms with E-state index < -0.39 is 0 Å². The van der Waals surface area contributed by atoms with Crippen molar-refractivity contribution in [1.82, 2.24) is 5.32 Å². The lowest BCUT2D eigenvalue weighted by Crippen LogP contribution is -2.40. The summed E-state index contributed by atoms with van der Waals surface area (Å²) in [6.45, 7) is 7.00. The van der Waals surface area contributed by atoms with Crippen molar-refractivity contribution in [3.8, 4) is 0 Å². The Hall–Kier alpha value is -2.40. The van der Waals surface area contributed by atoms with Crippen LogP contribution in [0.5, 0.6) is 0 Å². The van der Waals surface area contributed by atoms with Crippen LogP contribution in [-0.4, -0.2) is 32.1 Å². The van der Waals surface area contributed by atoms with Crippen molar-refractivity contribution >= 4 is 17.3 Å². The molecular weight excluding hydrogens is 317 g/mol. The van der Waals surface area contributed by atoms with E-state index in [1.165, 1.54) is 6.07 Å². The summed E-state index contributed by atoms with van der Waals surface area (Å²) in [4.78, 5) is 14.6. The molecule has 4 nitrogen and oxygen atoms in total. The molecule has 2 aromatic carbocycles. The summed E-state index contributed by atoms with van der Waals surface area (Å²) in [6.07, 6.45) is 0. The molecule has 25 heavy (non-hydrogen) atoms. The predicted molar refractivity (Wildman–Crippen MR) is 99.0 cm³/mol. The first-order valence-electron chi connectivity index (χ1n) is 8.64. The molecule has 1 radical (unpaired) electrons. The molecule has 1 aliphatic heterocycles. The Morgan fingerprint density at radius 3 is 2.56 bits per heavy atom. The number of halogens is 1. The number of anilines is 2. The molecule has 0 saturated carbocycles. The Kier molecular flexibility index (Phi) is 5.34. The van der Waals surface area contributed by atoms with Gasteiger partial charge in [-0.2, -0.15) is 0 Å². The molecule has 1 fully saturated rings. The number of nitrogens with one attached hydrogen (secondary N) is 1. The summed E-state index contributed by atoms with van der Waals surface area (Å²) >= 11 is 0. The highest BCUT2D eigenvalue weighted by Gasteiger charge is 2.17. The number of rotatable bonds is 4. The van der Waals surface area contributed by atoms with E-state index in [4.69, 9.17) is 0 Å². The van der Waals surface area contributed by atoms with Gasteiger partial charge in [-0.1, -0.05) is 32.0 Å². The zero-order valence-electron chi connectivity index (χ0n) is 14.6. The summed E-state index contributed by atoms with van der Waals surface area (Å²) in [6, 6.07) is 12.4. The zero-order valence-corrected chi connectivity index (χ0v) is 14.6. The van der Waals surface area contributed by atoms with E-state index in [0.29, 0.717) is 16.9 Å². The van der Waals surface area contributed by atoms with Gasteiger partial charge in [-0.3, -0.25) is 4.79 Å². The first-order chi connectivity index (χ1) is 12.1. The largest absolute Gasteiger partial charge is 0.366 e. The van der Waals surface area contributed by atoms with E-state index in [0.717, 1.165) is 31.7 Å². The third-order valence-electron chi connectivity index (χ3n) is 4.43. The molecule has 0 spiro atoms. The summed E-state index contributed by atoms with van der Waals surface area (Å²) in [5, 5.41) is 7.08. The maximum absolute atomic E-state index is 14.5. The van der Waals surface area contributed by atoms with Crippen LogP contribution in [0.4, 0.5) is 15.8 Å². The van der Waals surface area contributed by atoms with Gasteiger partial charge in [0, 0.05) is 37.4 Å². The Labute approximate surface area is 148 Å². The van der Waals surface area contributed by atoms with Crippen LogP contribution in [-0.2, 0) is 0 Å². The maximum Gasteiger partial charge on any atom is 0.255 e. The van der Waals surface area contributed by atoms with Crippen molar-refractivity contribution in [2.24, 2.45) is 0 Å². The van der Waals surface area contributed by atoms with E-state index in [1.54, 1.807) is 18.2 Å². The Bertz CT molecular complexity index is 754. The molecular formula is C20H23FN3O. The van der Waals surface area contributed by atoms with Gasteiger partial charge in [-0.05, 0) is 35.7 Å². The van der Waals surface area contributed by atoms with Gasteiger partial charge >= 0.3 is 0 Å². The predicted octanol–water partition coefficient (Wildman–Crippen LogP) is 3.63. The van der Waals surface area contributed by atoms with Crippen LogP contribution in [0.25, 0.3) is 0 Å². The zero-order chi connectivity index (χ0) is 17.8. The fourth-order valence-corrected chi connectivity index (χ4v) is 3.09. The first-order valence-corrected chi connectivity index (χ1v) is 8.64. The molecule has 1 saturated heterocycles. The minimum atomic E-state index is -0.322. The lowest BCUT2D eigenvalue weighted by atomic mass is 9.97. The highest BCUT2D eigenvalue weighted by Crippen LogP contribution is 2.25. The van der Waals surface area contributed by atoms with Gasteiger partial charge in [0.1, 0.15) is 5.82 Å². The van der Waals surface area contributed by atoms with Crippen LogP contribution < -0.4 is 15.5 Å². The van der Waals surface area contributed by atoms with Crippen LogP contribution in [0.3, 0.4) is 0 Å². The van der Waals surface area contributed by atoms with Crippen LogP contribution in [0.15, 0.2) is 42.5 Å². The van der Waals surface area contributed by atoms with E-state index in [1.807, 2.05) is 36.9 Å². The summed E-state index contributed by atoms with van der Waals surface area (Å²) in [5.74, 6) is -0.296. The molecule has 0 aliphatic carbocycles. The maximum atomic E-state index is 14.5. The second kappa shape index (κ2) is 7.66. The standard InChI is InChI=1S/C20H23FN3O/c1-14(2)16-5-3-4-6-17(16)20(25)23-15-7-8-19(18(21)13-15)24-11-9-22-10-12-24/h3-8,13-14H,9-12H2,1-2H3,(H,23,25). The molecule has 2 aromatic rings. The van der Waals surface area contributed by atoms with Crippen LogP contribution in [0.1, 0.15) is 35.7 Å². The average Bonchev–Trinajstić information content (AvgIpc) is 2.62. The van der Waals surface area contributed by atoms with Crippen molar-refractivity contribution in [1.29, 1.82) is 0 Å². The summed E-state index contributed by atoms with van der Waals surface area (Å²) < 4.78 is 14.5. The fraction of sp³-hybridized carbons (Fsp3) is 0.350. The van der Waals surface area contributed by atoms with Gasteiger partial charge in [-0.15, -0.1) is 0 Å². The van der Waals surface area contributed by atoms with Gasteiger partial charge in [0.25, 0.3) is 5.91 Å². The molecule has 0 unspecified atom stereocenters. The second-order valence-corrected chi connectivity index (χ2v) is 6.52. The summed E-state index contributed by atoms with van der Waals surface area (Å²) in [5.41, 5.74) is 2.63. The van der Waals surface area contributed by atoms with Crippen molar-refractivity contribution in [2.45, 2.75) is 19.8 Å². The first kappa shape index (κ1) is 17.4. The number of amides is 1. The van der Waals surface area contributed by atoms with Crippen LogP contribution in [0, 0.1) is 5.82 Å². The Morgan fingerprint density at radius 1 is 1.16 bits per heavy atom. The molecule has 5 heteroatoms. The molecule has 1 N–H and O–H groups in total. The lowest BCUT2D eigenvalue weighted by molar-refractivity contribution is 0.102. The third kappa shape index (κ3) is 3.99. The Morgan fingerprint density at radius 2 is 1.88 bits per heavy atom. The Balaban J connectivity index is 1.77. The lowest BCUT2D eigenvalue weighted by Gasteiger charge is -2.29. The minimum absolute atomic E-state index is 0.215. The minimum Gasteiger partial charge on any atom is -0.366 e. The molecule has 1 aliphatic rings. The van der Waals surface area contributed by atoms with Gasteiger partial charge in [0.05, 0.1) is 5.69 Å². The molecule has 0 atom stereocenters. The van der Waals surface area contributed by atoms with E-state index in [2.05, 4.69) is 10.6 Å². The van der Waals surface area contributed by atoms with E-state index in [9.17, 15) is 9.18 Å². The number of benzene rings is 2. The number of piperazine rings is 1.